The minimum absolute atomic E-state index is 0.0462. The lowest BCUT2D eigenvalue weighted by Crippen LogP contribution is -2.48. The fraction of sp³-hybridized carbons (Fsp3) is 1.00. The standard InChI is InChI=1S/C10H25NO2Si/c1-6-11(7-2)14(5)10(12-8-3)13-9-4/h10,14H,6-9H2,1-5H3. The molecule has 0 aliphatic heterocycles. The first-order valence-corrected chi connectivity index (χ1v) is 8.02. The maximum absolute atomic E-state index is 5.63. The minimum Gasteiger partial charge on any atom is -0.355 e. The Bertz CT molecular complexity index is 125. The monoisotopic (exact) mass is 219 g/mol. The van der Waals surface area contributed by atoms with Gasteiger partial charge in [0.2, 0.25) is 0 Å². The maximum Gasteiger partial charge on any atom is 0.174 e. The van der Waals surface area contributed by atoms with E-state index in [1.807, 2.05) is 13.8 Å². The Balaban J connectivity index is 4.16. The lowest BCUT2D eigenvalue weighted by Gasteiger charge is -2.31. The molecule has 0 fully saturated rings. The lowest BCUT2D eigenvalue weighted by molar-refractivity contribution is -0.0892. The molecule has 0 N–H and O–H groups in total. The first-order chi connectivity index (χ1) is 6.71. The summed E-state index contributed by atoms with van der Waals surface area (Å²) in [4.78, 5) is 0. The number of hydrogen-bond donors (Lipinski definition) is 0. The first-order valence-electron chi connectivity index (χ1n) is 5.68. The van der Waals surface area contributed by atoms with Gasteiger partial charge in [-0.2, -0.15) is 0 Å². The Kier molecular flexibility index (Phi) is 8.47. The summed E-state index contributed by atoms with van der Waals surface area (Å²) < 4.78 is 13.7. The molecule has 0 amide bonds. The number of hydrogen-bond acceptors (Lipinski definition) is 3. The van der Waals surface area contributed by atoms with E-state index in [1.165, 1.54) is 0 Å². The van der Waals surface area contributed by atoms with E-state index in [9.17, 15) is 0 Å². The molecular formula is C10H25NO2Si. The average molecular weight is 219 g/mol. The maximum atomic E-state index is 5.63. The molecule has 0 saturated heterocycles. The Morgan fingerprint density at radius 2 is 1.43 bits per heavy atom. The highest BCUT2D eigenvalue weighted by molar-refractivity contribution is 6.55. The van der Waals surface area contributed by atoms with E-state index >= 15 is 0 Å². The van der Waals surface area contributed by atoms with Crippen molar-refractivity contribution in [3.05, 3.63) is 0 Å². The van der Waals surface area contributed by atoms with Gasteiger partial charge in [-0.25, -0.2) is 0 Å². The van der Waals surface area contributed by atoms with Crippen LogP contribution in [0.2, 0.25) is 6.55 Å². The summed E-state index contributed by atoms with van der Waals surface area (Å²) >= 11 is 0. The quantitative estimate of drug-likeness (QED) is 0.457. The Morgan fingerprint density at radius 1 is 1.00 bits per heavy atom. The largest absolute Gasteiger partial charge is 0.355 e. The highest BCUT2D eigenvalue weighted by Crippen LogP contribution is 2.05. The van der Waals surface area contributed by atoms with E-state index in [0.717, 1.165) is 26.3 Å². The van der Waals surface area contributed by atoms with Gasteiger partial charge >= 0.3 is 0 Å². The second-order valence-corrected chi connectivity index (χ2v) is 6.00. The van der Waals surface area contributed by atoms with Gasteiger partial charge in [-0.15, -0.1) is 0 Å². The summed E-state index contributed by atoms with van der Waals surface area (Å²) in [5.41, 5.74) is 0. The first kappa shape index (κ1) is 14.1. The van der Waals surface area contributed by atoms with Gasteiger partial charge in [-0.1, -0.05) is 20.4 Å². The molecule has 14 heavy (non-hydrogen) atoms. The van der Waals surface area contributed by atoms with Crippen molar-refractivity contribution in [1.29, 1.82) is 0 Å². The third-order valence-electron chi connectivity index (χ3n) is 2.44. The van der Waals surface area contributed by atoms with E-state index in [2.05, 4.69) is 25.0 Å². The molecule has 3 nitrogen and oxygen atoms in total. The van der Waals surface area contributed by atoms with Crippen LogP contribution in [-0.2, 0) is 9.47 Å². The van der Waals surface area contributed by atoms with Crippen LogP contribution >= 0.6 is 0 Å². The highest BCUT2D eigenvalue weighted by atomic mass is 28.3. The average Bonchev–Trinajstić information content (AvgIpc) is 2.19. The summed E-state index contributed by atoms with van der Waals surface area (Å²) in [7, 11) is -1.08. The summed E-state index contributed by atoms with van der Waals surface area (Å²) in [5.74, 6) is 0.0462. The number of ether oxygens (including phenoxy) is 2. The molecule has 1 atom stereocenters. The fourth-order valence-corrected chi connectivity index (χ4v) is 4.06. The van der Waals surface area contributed by atoms with Crippen LogP contribution in [0.15, 0.2) is 0 Å². The van der Waals surface area contributed by atoms with Crippen LogP contribution in [0.5, 0.6) is 0 Å². The number of nitrogens with zero attached hydrogens (tertiary/aromatic N) is 1. The van der Waals surface area contributed by atoms with Crippen molar-refractivity contribution in [3.63, 3.8) is 0 Å². The van der Waals surface area contributed by atoms with Crippen molar-refractivity contribution in [2.45, 2.75) is 40.2 Å². The van der Waals surface area contributed by atoms with Crippen LogP contribution < -0.4 is 0 Å². The number of rotatable bonds is 8. The smallest absolute Gasteiger partial charge is 0.174 e. The summed E-state index contributed by atoms with van der Waals surface area (Å²) in [6.45, 7) is 14.4. The third-order valence-corrected chi connectivity index (χ3v) is 5.50. The minimum atomic E-state index is -1.08. The van der Waals surface area contributed by atoms with Gasteiger partial charge < -0.3 is 14.0 Å². The van der Waals surface area contributed by atoms with E-state index in [0.29, 0.717) is 0 Å². The predicted octanol–water partition coefficient (Wildman–Crippen LogP) is 1.62. The zero-order chi connectivity index (χ0) is 11.0. The molecule has 0 aromatic carbocycles. The summed E-state index contributed by atoms with van der Waals surface area (Å²) in [6.07, 6.45) is 0. The normalized spacial score (nSPS) is 13.9. The van der Waals surface area contributed by atoms with Gasteiger partial charge in [0, 0.05) is 13.2 Å². The summed E-state index contributed by atoms with van der Waals surface area (Å²) in [6, 6.07) is 0. The van der Waals surface area contributed by atoms with E-state index in [4.69, 9.17) is 9.47 Å². The molecule has 0 saturated carbocycles. The van der Waals surface area contributed by atoms with Crippen molar-refractivity contribution in [3.8, 4) is 0 Å². The molecule has 0 spiro atoms. The zero-order valence-corrected chi connectivity index (χ0v) is 11.4. The van der Waals surface area contributed by atoms with Crippen molar-refractivity contribution in [2.24, 2.45) is 0 Å². The fourth-order valence-electron chi connectivity index (χ4n) is 1.63. The molecule has 0 aliphatic carbocycles. The van der Waals surface area contributed by atoms with Crippen molar-refractivity contribution in [1.82, 2.24) is 4.57 Å². The van der Waals surface area contributed by atoms with Gasteiger partial charge in [-0.3, -0.25) is 0 Å². The van der Waals surface area contributed by atoms with Crippen LogP contribution in [0.25, 0.3) is 0 Å². The van der Waals surface area contributed by atoms with E-state index < -0.39 is 8.96 Å². The van der Waals surface area contributed by atoms with E-state index in [-0.39, 0.29) is 5.91 Å². The molecule has 0 heterocycles. The second kappa shape index (κ2) is 8.41. The topological polar surface area (TPSA) is 21.7 Å². The van der Waals surface area contributed by atoms with Crippen molar-refractivity contribution >= 4 is 8.96 Å². The molecular weight excluding hydrogens is 194 g/mol. The van der Waals surface area contributed by atoms with Crippen LogP contribution in [0.1, 0.15) is 27.7 Å². The molecule has 86 valence electrons. The molecule has 0 rings (SSSR count). The molecule has 0 bridgehead atoms. The van der Waals surface area contributed by atoms with Gasteiger partial charge in [0.1, 0.15) is 0 Å². The van der Waals surface area contributed by atoms with Crippen LogP contribution in [0.4, 0.5) is 0 Å². The second-order valence-electron chi connectivity index (χ2n) is 3.24. The molecule has 1 unspecified atom stereocenters. The Morgan fingerprint density at radius 3 is 1.71 bits per heavy atom. The van der Waals surface area contributed by atoms with Gasteiger partial charge in [-0.05, 0) is 26.9 Å². The Labute approximate surface area is 90.1 Å². The van der Waals surface area contributed by atoms with Crippen LogP contribution in [0, 0.1) is 0 Å². The molecule has 0 aromatic heterocycles. The van der Waals surface area contributed by atoms with Gasteiger partial charge in [0.25, 0.3) is 0 Å². The van der Waals surface area contributed by atoms with Crippen LogP contribution in [0.3, 0.4) is 0 Å². The van der Waals surface area contributed by atoms with Crippen molar-refractivity contribution in [2.75, 3.05) is 26.3 Å². The van der Waals surface area contributed by atoms with Crippen LogP contribution in [-0.4, -0.2) is 45.7 Å². The van der Waals surface area contributed by atoms with E-state index in [1.54, 1.807) is 0 Å². The molecule has 0 aliphatic rings. The molecule has 0 aromatic rings. The highest BCUT2D eigenvalue weighted by Gasteiger charge is 2.24. The zero-order valence-electron chi connectivity index (χ0n) is 10.2. The van der Waals surface area contributed by atoms with Crippen molar-refractivity contribution < 1.29 is 9.47 Å². The Hall–Kier alpha value is 0.0969. The molecule has 0 radical (unpaired) electrons. The third kappa shape index (κ3) is 4.55. The molecule has 4 heteroatoms. The summed E-state index contributed by atoms with van der Waals surface area (Å²) in [5, 5.41) is 0. The lowest BCUT2D eigenvalue weighted by atomic mass is 10.7. The van der Waals surface area contributed by atoms with Gasteiger partial charge in [0.05, 0.1) is 0 Å². The van der Waals surface area contributed by atoms with Gasteiger partial charge in [0.15, 0.2) is 14.9 Å². The SMILES string of the molecule is CCOC(OCC)[SiH](C)N(CC)CC. The predicted molar refractivity (Wildman–Crippen MR) is 63.0 cm³/mol.